The molecule has 2 rings (SSSR count). The van der Waals surface area contributed by atoms with Gasteiger partial charge in [0.2, 0.25) is 5.91 Å². The quantitative estimate of drug-likeness (QED) is 0.335. The third kappa shape index (κ3) is 7.50. The average molecular weight is 494 g/mol. The Kier molecular flexibility index (Phi) is 11.2. The molecule has 0 atom stereocenters. The molecule has 6 heteroatoms. The highest BCUT2D eigenvalue weighted by Gasteiger charge is 2.12. The topological polar surface area (TPSA) is 56.7 Å². The maximum atomic E-state index is 12.6. The number of carbonyl (C=O) groups excluding carboxylic acids is 1. The van der Waals surface area contributed by atoms with E-state index in [1.54, 1.807) is 7.05 Å². The number of aliphatic imine (C=N–C) groups is 1. The zero-order chi connectivity index (χ0) is 19.5. The van der Waals surface area contributed by atoms with Crippen LogP contribution in [0.15, 0.2) is 59.6 Å². The summed E-state index contributed by atoms with van der Waals surface area (Å²) >= 11 is 0. The second-order valence-electron chi connectivity index (χ2n) is 6.30. The average Bonchev–Trinajstić information content (AvgIpc) is 2.72. The van der Waals surface area contributed by atoms with Crippen molar-refractivity contribution in [3.63, 3.8) is 0 Å². The number of nitrogens with one attached hydrogen (secondary N) is 2. The van der Waals surface area contributed by atoms with Crippen LogP contribution in [0, 0.1) is 0 Å². The van der Waals surface area contributed by atoms with Gasteiger partial charge in [-0.05, 0) is 30.0 Å². The Morgan fingerprint density at radius 1 is 0.964 bits per heavy atom. The Bertz CT molecular complexity index is 749. The van der Waals surface area contributed by atoms with E-state index in [0.717, 1.165) is 12.0 Å². The van der Waals surface area contributed by atoms with Crippen LogP contribution in [0.2, 0.25) is 0 Å². The Balaban J connectivity index is 0.00000392. The number of rotatable bonds is 8. The van der Waals surface area contributed by atoms with Crippen molar-refractivity contribution in [2.75, 3.05) is 20.1 Å². The summed E-state index contributed by atoms with van der Waals surface area (Å²) in [6.45, 7) is 6.33. The van der Waals surface area contributed by atoms with E-state index in [9.17, 15) is 4.79 Å². The molecule has 0 aliphatic rings. The van der Waals surface area contributed by atoms with Gasteiger partial charge in [0.15, 0.2) is 5.96 Å². The second kappa shape index (κ2) is 13.1. The number of amides is 1. The van der Waals surface area contributed by atoms with Crippen molar-refractivity contribution in [1.82, 2.24) is 15.5 Å². The minimum absolute atomic E-state index is 0. The number of nitrogens with zero attached hydrogens (tertiary/aromatic N) is 2. The van der Waals surface area contributed by atoms with Crippen molar-refractivity contribution in [2.45, 2.75) is 33.4 Å². The van der Waals surface area contributed by atoms with Crippen LogP contribution in [0.1, 0.15) is 30.5 Å². The van der Waals surface area contributed by atoms with Crippen LogP contribution in [-0.2, 0) is 24.3 Å². The highest BCUT2D eigenvalue weighted by atomic mass is 127. The monoisotopic (exact) mass is 494 g/mol. The number of hydrogen-bond donors (Lipinski definition) is 2. The summed E-state index contributed by atoms with van der Waals surface area (Å²) in [6, 6.07) is 18.4. The number of guanidine groups is 1. The predicted molar refractivity (Wildman–Crippen MR) is 127 cm³/mol. The lowest BCUT2D eigenvalue weighted by Crippen LogP contribution is -2.44. The van der Waals surface area contributed by atoms with Crippen LogP contribution in [0.5, 0.6) is 0 Å². The van der Waals surface area contributed by atoms with E-state index >= 15 is 0 Å². The zero-order valence-corrected chi connectivity index (χ0v) is 19.3. The third-order valence-electron chi connectivity index (χ3n) is 4.53. The second-order valence-corrected chi connectivity index (χ2v) is 6.30. The molecule has 0 unspecified atom stereocenters. The first-order valence-electron chi connectivity index (χ1n) is 9.50. The number of benzene rings is 2. The summed E-state index contributed by atoms with van der Waals surface area (Å²) < 4.78 is 0. The molecule has 0 saturated carbocycles. The molecule has 152 valence electrons. The first-order chi connectivity index (χ1) is 13.2. The molecule has 28 heavy (non-hydrogen) atoms. The zero-order valence-electron chi connectivity index (χ0n) is 16.9. The lowest BCUT2D eigenvalue weighted by Gasteiger charge is -2.22. The molecule has 0 fully saturated rings. The van der Waals surface area contributed by atoms with Crippen molar-refractivity contribution >= 4 is 35.8 Å². The van der Waals surface area contributed by atoms with Gasteiger partial charge in [-0.2, -0.15) is 0 Å². The van der Waals surface area contributed by atoms with E-state index in [-0.39, 0.29) is 36.4 Å². The largest absolute Gasteiger partial charge is 0.352 e. The molecule has 0 saturated heterocycles. The number of halogens is 1. The summed E-state index contributed by atoms with van der Waals surface area (Å²) in [6.07, 6.45) is 0.993. The molecule has 0 aromatic heterocycles. The van der Waals surface area contributed by atoms with Crippen molar-refractivity contribution < 1.29 is 4.79 Å². The Hall–Kier alpha value is -2.09. The minimum Gasteiger partial charge on any atom is -0.352 e. The first-order valence-corrected chi connectivity index (χ1v) is 9.50. The maximum absolute atomic E-state index is 12.6. The smallest absolute Gasteiger partial charge is 0.242 e. The molecule has 0 aliphatic carbocycles. The van der Waals surface area contributed by atoms with Gasteiger partial charge in [-0.15, -0.1) is 24.0 Å². The molecular weight excluding hydrogens is 463 g/mol. The van der Waals surface area contributed by atoms with Crippen LogP contribution in [0.4, 0.5) is 0 Å². The fraction of sp³-hybridized carbons (Fsp3) is 0.364. The molecule has 0 aliphatic heterocycles. The van der Waals surface area contributed by atoms with Gasteiger partial charge in [-0.3, -0.25) is 9.79 Å². The van der Waals surface area contributed by atoms with Crippen LogP contribution >= 0.6 is 24.0 Å². The van der Waals surface area contributed by atoms with Crippen LogP contribution in [0.3, 0.4) is 0 Å². The highest BCUT2D eigenvalue weighted by Crippen LogP contribution is 2.09. The Morgan fingerprint density at radius 3 is 2.21 bits per heavy atom. The van der Waals surface area contributed by atoms with E-state index in [0.29, 0.717) is 25.6 Å². The lowest BCUT2D eigenvalue weighted by atomic mass is 10.1. The van der Waals surface area contributed by atoms with Crippen LogP contribution < -0.4 is 10.6 Å². The third-order valence-corrected chi connectivity index (χ3v) is 4.53. The van der Waals surface area contributed by atoms with Crippen LogP contribution in [-0.4, -0.2) is 36.9 Å². The number of hydrogen-bond acceptors (Lipinski definition) is 2. The first kappa shape index (κ1) is 23.9. The molecule has 0 bridgehead atoms. The van der Waals surface area contributed by atoms with Gasteiger partial charge in [0.25, 0.3) is 0 Å². The summed E-state index contributed by atoms with van der Waals surface area (Å²) in [7, 11) is 1.72. The molecule has 0 heterocycles. The van der Waals surface area contributed by atoms with E-state index < -0.39 is 0 Å². The lowest BCUT2D eigenvalue weighted by molar-refractivity contribution is -0.130. The van der Waals surface area contributed by atoms with Crippen molar-refractivity contribution in [1.29, 1.82) is 0 Å². The molecule has 2 N–H and O–H groups in total. The SMILES string of the molecule is CCc1ccccc1CNC(=NC)NCC(=O)N(CC)Cc1ccccc1.I. The van der Waals surface area contributed by atoms with Gasteiger partial charge >= 0.3 is 0 Å². The molecule has 0 spiro atoms. The highest BCUT2D eigenvalue weighted by molar-refractivity contribution is 14.0. The van der Waals surface area contributed by atoms with Gasteiger partial charge in [-0.25, -0.2) is 0 Å². The number of aryl methyl sites for hydroxylation is 1. The number of likely N-dealkylation sites (N-methyl/N-ethyl adjacent to an activating group) is 1. The fourth-order valence-electron chi connectivity index (χ4n) is 2.93. The molecule has 0 radical (unpaired) electrons. The van der Waals surface area contributed by atoms with Gasteiger partial charge < -0.3 is 15.5 Å². The van der Waals surface area contributed by atoms with Crippen molar-refractivity contribution in [3.05, 3.63) is 71.3 Å². The van der Waals surface area contributed by atoms with E-state index in [4.69, 9.17) is 0 Å². The van der Waals surface area contributed by atoms with E-state index in [1.165, 1.54) is 11.1 Å². The maximum Gasteiger partial charge on any atom is 0.242 e. The molecular formula is C22H31IN4O. The molecule has 2 aromatic rings. The summed E-state index contributed by atoms with van der Waals surface area (Å²) in [5, 5.41) is 6.42. The Labute approximate surface area is 185 Å². The standard InChI is InChI=1S/C22H30N4O.HI/c1-4-19-13-9-10-14-20(19)15-24-22(23-3)25-16-21(27)26(5-2)17-18-11-7-6-8-12-18;/h6-14H,4-5,15-17H2,1-3H3,(H2,23,24,25);1H. The van der Waals surface area contributed by atoms with Gasteiger partial charge in [0.1, 0.15) is 0 Å². The molecule has 2 aromatic carbocycles. The summed E-state index contributed by atoms with van der Waals surface area (Å²) in [5.41, 5.74) is 3.69. The van der Waals surface area contributed by atoms with E-state index in [1.807, 2.05) is 48.2 Å². The predicted octanol–water partition coefficient (Wildman–Crippen LogP) is 3.58. The minimum atomic E-state index is 0. The molecule has 5 nitrogen and oxygen atoms in total. The van der Waals surface area contributed by atoms with Crippen molar-refractivity contribution in [2.24, 2.45) is 4.99 Å². The van der Waals surface area contributed by atoms with Crippen LogP contribution in [0.25, 0.3) is 0 Å². The molecule has 1 amide bonds. The van der Waals surface area contributed by atoms with Gasteiger partial charge in [-0.1, -0.05) is 61.5 Å². The summed E-state index contributed by atoms with van der Waals surface area (Å²) in [4.78, 5) is 18.6. The van der Waals surface area contributed by atoms with Gasteiger partial charge in [0, 0.05) is 26.7 Å². The number of carbonyl (C=O) groups is 1. The van der Waals surface area contributed by atoms with E-state index in [2.05, 4.69) is 40.7 Å². The van der Waals surface area contributed by atoms with Gasteiger partial charge in [0.05, 0.1) is 6.54 Å². The Morgan fingerprint density at radius 2 is 1.61 bits per heavy atom. The summed E-state index contributed by atoms with van der Waals surface area (Å²) in [5.74, 6) is 0.684. The normalized spacial score (nSPS) is 10.8. The van der Waals surface area contributed by atoms with Crippen molar-refractivity contribution in [3.8, 4) is 0 Å². The fourth-order valence-corrected chi connectivity index (χ4v) is 2.93.